The molecule has 0 aliphatic heterocycles. The van der Waals surface area contributed by atoms with Crippen LogP contribution in [0.2, 0.25) is 0 Å². The molecule has 146 valence electrons. The average molecular weight is 423 g/mol. The van der Waals surface area contributed by atoms with Gasteiger partial charge in [-0.15, -0.1) is 21.5 Å². The van der Waals surface area contributed by atoms with Gasteiger partial charge in [-0.1, -0.05) is 29.5 Å². The van der Waals surface area contributed by atoms with E-state index < -0.39 is 0 Å². The first-order chi connectivity index (χ1) is 14.1. The standard InChI is InChI=1S/C20H18N6OS2/c1-13-5-6-16(14(2)10-13)26-18(15-4-3-7-21-11-15)24-25-20(26)29-12-17(27)23-19-22-8-9-28-19/h3-11H,12H2,1-2H3,(H,22,23,27). The zero-order valence-electron chi connectivity index (χ0n) is 15.9. The smallest absolute Gasteiger partial charge is 0.236 e. The molecule has 0 fully saturated rings. The van der Waals surface area contributed by atoms with Gasteiger partial charge in [0.05, 0.1) is 11.4 Å². The number of nitrogens with one attached hydrogen (secondary N) is 1. The van der Waals surface area contributed by atoms with E-state index in [0.717, 1.165) is 16.8 Å². The minimum absolute atomic E-state index is 0.136. The number of carbonyl (C=O) groups excluding carboxylic acids is 1. The molecule has 0 spiro atoms. The Morgan fingerprint density at radius 2 is 2.10 bits per heavy atom. The SMILES string of the molecule is Cc1ccc(-n2c(SCC(=O)Nc3nccs3)nnc2-c2cccnc2)c(C)c1. The molecule has 0 atom stereocenters. The summed E-state index contributed by atoms with van der Waals surface area (Å²) in [5.74, 6) is 0.756. The number of carbonyl (C=O) groups is 1. The maximum absolute atomic E-state index is 12.3. The Hall–Kier alpha value is -3.04. The molecule has 4 rings (SSSR count). The average Bonchev–Trinajstić information content (AvgIpc) is 3.37. The van der Waals surface area contributed by atoms with Gasteiger partial charge < -0.3 is 5.32 Å². The van der Waals surface area contributed by atoms with Crippen molar-refractivity contribution in [3.8, 4) is 17.1 Å². The highest BCUT2D eigenvalue weighted by atomic mass is 32.2. The van der Waals surface area contributed by atoms with Crippen molar-refractivity contribution in [2.75, 3.05) is 11.1 Å². The molecular formula is C20H18N6OS2. The summed E-state index contributed by atoms with van der Waals surface area (Å²) in [6.45, 7) is 4.11. The minimum atomic E-state index is -0.136. The summed E-state index contributed by atoms with van der Waals surface area (Å²) in [4.78, 5) is 20.6. The van der Waals surface area contributed by atoms with E-state index >= 15 is 0 Å². The normalized spacial score (nSPS) is 10.8. The number of anilines is 1. The Balaban J connectivity index is 1.66. The highest BCUT2D eigenvalue weighted by Gasteiger charge is 2.19. The van der Waals surface area contributed by atoms with E-state index in [1.54, 1.807) is 18.6 Å². The van der Waals surface area contributed by atoms with Crippen LogP contribution in [0.1, 0.15) is 11.1 Å². The van der Waals surface area contributed by atoms with Gasteiger partial charge in [0.1, 0.15) is 0 Å². The lowest BCUT2D eigenvalue weighted by molar-refractivity contribution is -0.113. The summed E-state index contributed by atoms with van der Waals surface area (Å²) in [5, 5.41) is 14.6. The van der Waals surface area contributed by atoms with Crippen LogP contribution in [0.4, 0.5) is 5.13 Å². The van der Waals surface area contributed by atoms with Crippen molar-refractivity contribution >= 4 is 34.1 Å². The quantitative estimate of drug-likeness (QED) is 0.470. The maximum atomic E-state index is 12.3. The van der Waals surface area contributed by atoms with Crippen molar-refractivity contribution in [2.24, 2.45) is 0 Å². The van der Waals surface area contributed by atoms with Crippen molar-refractivity contribution < 1.29 is 4.79 Å². The van der Waals surface area contributed by atoms with Gasteiger partial charge in [0.15, 0.2) is 16.1 Å². The maximum Gasteiger partial charge on any atom is 0.236 e. The lowest BCUT2D eigenvalue weighted by atomic mass is 10.1. The molecule has 1 aromatic carbocycles. The number of thiazole rings is 1. The highest BCUT2D eigenvalue weighted by Crippen LogP contribution is 2.29. The molecule has 4 aromatic rings. The fraction of sp³-hybridized carbons (Fsp3) is 0.150. The van der Waals surface area contributed by atoms with Gasteiger partial charge in [0.25, 0.3) is 0 Å². The molecule has 3 aromatic heterocycles. The van der Waals surface area contributed by atoms with Gasteiger partial charge in [-0.25, -0.2) is 4.98 Å². The van der Waals surface area contributed by atoms with Crippen LogP contribution in [0, 0.1) is 13.8 Å². The van der Waals surface area contributed by atoms with E-state index in [0.29, 0.717) is 16.1 Å². The number of rotatable bonds is 6. The third-order valence-corrected chi connectivity index (χ3v) is 5.77. The van der Waals surface area contributed by atoms with E-state index in [1.165, 1.54) is 28.7 Å². The van der Waals surface area contributed by atoms with Gasteiger partial charge >= 0.3 is 0 Å². The van der Waals surface area contributed by atoms with E-state index in [4.69, 9.17) is 0 Å². The molecule has 1 N–H and O–H groups in total. The minimum Gasteiger partial charge on any atom is -0.301 e. The molecule has 3 heterocycles. The van der Waals surface area contributed by atoms with Crippen LogP contribution in [-0.4, -0.2) is 36.4 Å². The Kier molecular flexibility index (Phi) is 5.68. The van der Waals surface area contributed by atoms with Crippen molar-refractivity contribution in [1.82, 2.24) is 24.7 Å². The largest absolute Gasteiger partial charge is 0.301 e. The second-order valence-electron chi connectivity index (χ2n) is 6.35. The Morgan fingerprint density at radius 3 is 2.83 bits per heavy atom. The fourth-order valence-electron chi connectivity index (χ4n) is 2.89. The van der Waals surface area contributed by atoms with Crippen molar-refractivity contribution in [2.45, 2.75) is 19.0 Å². The first kappa shape index (κ1) is 19.3. The van der Waals surface area contributed by atoms with Crippen LogP contribution in [0.15, 0.2) is 59.5 Å². The zero-order valence-corrected chi connectivity index (χ0v) is 17.5. The van der Waals surface area contributed by atoms with Gasteiger partial charge in [0.2, 0.25) is 5.91 Å². The molecule has 9 heteroatoms. The lowest BCUT2D eigenvalue weighted by Gasteiger charge is -2.13. The van der Waals surface area contributed by atoms with Gasteiger partial charge in [-0.2, -0.15) is 0 Å². The summed E-state index contributed by atoms with van der Waals surface area (Å²) in [7, 11) is 0. The number of aromatic nitrogens is 5. The summed E-state index contributed by atoms with van der Waals surface area (Å²) in [5.41, 5.74) is 4.12. The Labute approximate surface area is 176 Å². The Morgan fingerprint density at radius 1 is 1.21 bits per heavy atom. The zero-order chi connectivity index (χ0) is 20.2. The van der Waals surface area contributed by atoms with Crippen LogP contribution >= 0.6 is 23.1 Å². The number of aryl methyl sites for hydroxylation is 2. The van der Waals surface area contributed by atoms with E-state index in [1.807, 2.05) is 28.1 Å². The summed E-state index contributed by atoms with van der Waals surface area (Å²) < 4.78 is 1.98. The summed E-state index contributed by atoms with van der Waals surface area (Å²) in [6, 6.07) is 10.0. The molecule has 1 amide bonds. The molecule has 7 nitrogen and oxygen atoms in total. The number of amides is 1. The fourth-order valence-corrected chi connectivity index (χ4v) is 4.18. The molecule has 0 unspecified atom stereocenters. The Bertz CT molecular complexity index is 1130. The topological polar surface area (TPSA) is 85.6 Å². The van der Waals surface area contributed by atoms with E-state index in [2.05, 4.69) is 51.5 Å². The second-order valence-corrected chi connectivity index (χ2v) is 8.18. The molecule has 0 bridgehead atoms. The first-order valence-electron chi connectivity index (χ1n) is 8.87. The van der Waals surface area contributed by atoms with Crippen LogP contribution in [0.5, 0.6) is 0 Å². The molecule has 0 saturated heterocycles. The lowest BCUT2D eigenvalue weighted by Crippen LogP contribution is -2.14. The third kappa shape index (κ3) is 4.36. The predicted molar refractivity (Wildman–Crippen MR) is 116 cm³/mol. The first-order valence-corrected chi connectivity index (χ1v) is 10.7. The number of thioether (sulfide) groups is 1. The predicted octanol–water partition coefficient (Wildman–Crippen LogP) is 4.13. The van der Waals surface area contributed by atoms with Crippen LogP contribution in [0.25, 0.3) is 17.1 Å². The van der Waals surface area contributed by atoms with Crippen molar-refractivity contribution in [1.29, 1.82) is 0 Å². The van der Waals surface area contributed by atoms with Crippen molar-refractivity contribution in [3.05, 3.63) is 65.4 Å². The molecular weight excluding hydrogens is 404 g/mol. The highest BCUT2D eigenvalue weighted by molar-refractivity contribution is 7.99. The second kappa shape index (κ2) is 8.54. The number of hydrogen-bond donors (Lipinski definition) is 1. The molecule has 0 aliphatic rings. The van der Waals surface area contributed by atoms with E-state index in [9.17, 15) is 4.79 Å². The number of pyridine rings is 1. The monoisotopic (exact) mass is 422 g/mol. The molecule has 0 aliphatic carbocycles. The van der Waals surface area contributed by atoms with Crippen molar-refractivity contribution in [3.63, 3.8) is 0 Å². The van der Waals surface area contributed by atoms with Crippen LogP contribution < -0.4 is 5.32 Å². The van der Waals surface area contributed by atoms with Gasteiger partial charge in [-0.3, -0.25) is 14.3 Å². The number of benzene rings is 1. The third-order valence-electron chi connectivity index (χ3n) is 4.16. The summed E-state index contributed by atoms with van der Waals surface area (Å²) in [6.07, 6.45) is 5.14. The van der Waals surface area contributed by atoms with E-state index in [-0.39, 0.29) is 11.7 Å². The molecule has 29 heavy (non-hydrogen) atoms. The summed E-state index contributed by atoms with van der Waals surface area (Å²) >= 11 is 2.72. The van der Waals surface area contributed by atoms with Crippen LogP contribution in [0.3, 0.4) is 0 Å². The number of hydrogen-bond acceptors (Lipinski definition) is 7. The molecule has 0 saturated carbocycles. The van der Waals surface area contributed by atoms with Gasteiger partial charge in [0, 0.05) is 29.5 Å². The van der Waals surface area contributed by atoms with Gasteiger partial charge in [-0.05, 0) is 37.6 Å². The number of nitrogens with zero attached hydrogens (tertiary/aromatic N) is 5. The van der Waals surface area contributed by atoms with Crippen LogP contribution in [-0.2, 0) is 4.79 Å². The molecule has 0 radical (unpaired) electrons.